The van der Waals surface area contributed by atoms with Crippen molar-refractivity contribution in [2.75, 3.05) is 5.73 Å². The number of hydrogen-bond donors (Lipinski definition) is 1. The van der Waals surface area contributed by atoms with E-state index in [0.717, 1.165) is 44.7 Å². The zero-order valence-corrected chi connectivity index (χ0v) is 30.5. The summed E-state index contributed by atoms with van der Waals surface area (Å²) in [7, 11) is 0. The maximum absolute atomic E-state index is 14.4. The predicted octanol–water partition coefficient (Wildman–Crippen LogP) is 8.81. The molecule has 0 fully saturated rings. The van der Waals surface area contributed by atoms with Gasteiger partial charge in [0.1, 0.15) is 16.8 Å². The second kappa shape index (κ2) is 12.0. The molecule has 10 heteroatoms. The number of nitro groups is 1. The number of rotatable bonds is 3. The van der Waals surface area contributed by atoms with Gasteiger partial charge in [-0.25, -0.2) is 9.97 Å². The number of imidazole rings is 2. The Hall–Kier alpha value is -7.56. The topological polar surface area (TPSA) is 138 Å². The Bertz CT molecular complexity index is 3640. The number of pyridine rings is 2. The number of hydrogen-bond acceptors (Lipinski definition) is 7. The standard InChI is InChI=1S/C46H30N6O4/c1-4-6-9-25-21-37-42(38(23-25)52(55)56)49-44-32-18-16-27(30-11-8-13-33(40(30)32)45(53)51(37)44)28-17-19-34-39-29(28)10-7-12-31(39)43-48-41-35(47)20-26(15-14-24(3)5-2)22-36(41)50(43)46(34)54/h7-8,10-13,16-24H,4-5,47H2,1-3H3. The molecule has 10 nitrogen and oxygen atoms in total. The summed E-state index contributed by atoms with van der Waals surface area (Å²) in [6, 6.07) is 26.0. The highest BCUT2D eigenvalue weighted by molar-refractivity contribution is 6.24. The van der Waals surface area contributed by atoms with Crippen LogP contribution in [0.5, 0.6) is 0 Å². The highest BCUT2D eigenvalue weighted by atomic mass is 16.6. The summed E-state index contributed by atoms with van der Waals surface area (Å²) in [6.07, 6.45) is 1.51. The van der Waals surface area contributed by atoms with E-state index < -0.39 is 4.92 Å². The molecule has 56 heavy (non-hydrogen) atoms. The van der Waals surface area contributed by atoms with E-state index in [9.17, 15) is 19.7 Å². The Labute approximate surface area is 317 Å². The van der Waals surface area contributed by atoms with Crippen LogP contribution in [0.1, 0.15) is 44.7 Å². The number of anilines is 1. The predicted molar refractivity (Wildman–Crippen MR) is 224 cm³/mol. The van der Waals surface area contributed by atoms with E-state index >= 15 is 0 Å². The van der Waals surface area contributed by atoms with E-state index in [4.69, 9.17) is 15.7 Å². The Morgan fingerprint density at radius 3 is 1.88 bits per heavy atom. The van der Waals surface area contributed by atoms with Crippen LogP contribution in [-0.4, -0.2) is 23.7 Å². The van der Waals surface area contributed by atoms with Crippen LogP contribution in [-0.2, 0) is 0 Å². The number of nitrogens with two attached hydrogens (primary N) is 1. The molecular weight excluding hydrogens is 701 g/mol. The number of nitrogens with zero attached hydrogens (tertiary/aromatic N) is 5. The van der Waals surface area contributed by atoms with Gasteiger partial charge in [0.05, 0.1) is 21.6 Å². The van der Waals surface area contributed by atoms with Crippen molar-refractivity contribution in [1.29, 1.82) is 0 Å². The minimum Gasteiger partial charge on any atom is -0.397 e. The van der Waals surface area contributed by atoms with E-state index in [-0.39, 0.29) is 28.2 Å². The Morgan fingerprint density at radius 2 is 1.25 bits per heavy atom. The van der Waals surface area contributed by atoms with Gasteiger partial charge in [-0.1, -0.05) is 86.9 Å². The summed E-state index contributed by atoms with van der Waals surface area (Å²) >= 11 is 0. The molecule has 0 aliphatic heterocycles. The Kier molecular flexibility index (Phi) is 7.06. The minimum atomic E-state index is -0.484. The summed E-state index contributed by atoms with van der Waals surface area (Å²) in [5, 5.41) is 17.9. The lowest BCUT2D eigenvalue weighted by Crippen LogP contribution is -2.14. The summed E-state index contributed by atoms with van der Waals surface area (Å²) < 4.78 is 3.10. The van der Waals surface area contributed by atoms with Gasteiger partial charge in [-0.15, -0.1) is 0 Å². The van der Waals surface area contributed by atoms with Gasteiger partial charge in [-0.2, -0.15) is 0 Å². The first-order valence-corrected chi connectivity index (χ1v) is 18.4. The van der Waals surface area contributed by atoms with E-state index in [1.54, 1.807) is 16.5 Å². The van der Waals surface area contributed by atoms with E-state index in [2.05, 4.69) is 37.5 Å². The first kappa shape index (κ1) is 33.0. The van der Waals surface area contributed by atoms with E-state index in [1.807, 2.05) is 73.7 Å². The van der Waals surface area contributed by atoms with Gasteiger partial charge in [0, 0.05) is 61.8 Å². The number of fused-ring (bicyclic) bond motifs is 8. The van der Waals surface area contributed by atoms with Crippen molar-refractivity contribution >= 4 is 87.8 Å². The number of benzene rings is 6. The summed E-state index contributed by atoms with van der Waals surface area (Å²) in [5.74, 6) is 12.6. The average molecular weight is 731 g/mol. The third kappa shape index (κ3) is 4.53. The summed E-state index contributed by atoms with van der Waals surface area (Å²) in [6.45, 7) is 6.06. The van der Waals surface area contributed by atoms with Gasteiger partial charge < -0.3 is 5.73 Å². The smallest absolute Gasteiger partial charge is 0.298 e. The van der Waals surface area contributed by atoms with Gasteiger partial charge in [-0.3, -0.25) is 28.5 Å². The maximum atomic E-state index is 14.4. The molecule has 0 saturated carbocycles. The third-order valence-electron chi connectivity index (χ3n) is 10.9. The fourth-order valence-electron chi connectivity index (χ4n) is 8.17. The van der Waals surface area contributed by atoms with Crippen LogP contribution in [0, 0.1) is 39.7 Å². The zero-order valence-electron chi connectivity index (χ0n) is 30.5. The lowest BCUT2D eigenvalue weighted by molar-refractivity contribution is -0.383. The van der Waals surface area contributed by atoms with Gasteiger partial charge in [-0.05, 0) is 64.7 Å². The van der Waals surface area contributed by atoms with Gasteiger partial charge >= 0.3 is 0 Å². The number of non-ortho nitro benzene ring substituents is 1. The van der Waals surface area contributed by atoms with Crippen LogP contribution in [0.25, 0.3) is 87.6 Å². The fraction of sp³-hybridized carbons (Fsp3) is 0.130. The minimum absolute atomic E-state index is 0.127. The average Bonchev–Trinajstić information content (AvgIpc) is 3.80. The molecule has 10 rings (SSSR count). The quantitative estimate of drug-likeness (QED) is 0.0830. The summed E-state index contributed by atoms with van der Waals surface area (Å²) in [5.41, 5.74) is 11.6. The molecule has 268 valence electrons. The number of aromatic nitrogens is 4. The molecule has 0 aliphatic rings. The fourth-order valence-corrected chi connectivity index (χ4v) is 8.17. The molecule has 0 aliphatic carbocycles. The van der Waals surface area contributed by atoms with Crippen LogP contribution in [0.15, 0.2) is 94.5 Å². The highest BCUT2D eigenvalue weighted by Crippen LogP contribution is 2.42. The largest absolute Gasteiger partial charge is 0.397 e. The molecule has 10 aromatic rings. The molecule has 4 aromatic heterocycles. The maximum Gasteiger partial charge on any atom is 0.298 e. The molecule has 0 amide bonds. The van der Waals surface area contributed by atoms with Crippen LogP contribution in [0.2, 0.25) is 0 Å². The highest BCUT2D eigenvalue weighted by Gasteiger charge is 2.25. The molecule has 0 bridgehead atoms. The van der Waals surface area contributed by atoms with Gasteiger partial charge in [0.25, 0.3) is 16.8 Å². The monoisotopic (exact) mass is 730 g/mol. The summed E-state index contributed by atoms with van der Waals surface area (Å²) in [4.78, 5) is 50.2. The lowest BCUT2D eigenvalue weighted by Gasteiger charge is -2.15. The van der Waals surface area contributed by atoms with Gasteiger partial charge in [0.2, 0.25) is 0 Å². The third-order valence-corrected chi connectivity index (χ3v) is 10.9. The molecule has 0 saturated heterocycles. The number of nitro benzene ring substituents is 1. The van der Waals surface area contributed by atoms with Crippen molar-refractivity contribution < 1.29 is 4.92 Å². The molecule has 1 atom stereocenters. The van der Waals surface area contributed by atoms with Crippen molar-refractivity contribution in [3.8, 4) is 34.8 Å². The van der Waals surface area contributed by atoms with Crippen molar-refractivity contribution in [2.45, 2.75) is 33.6 Å². The normalized spacial score (nSPS) is 12.3. The van der Waals surface area contributed by atoms with Crippen molar-refractivity contribution in [2.24, 2.45) is 5.92 Å². The van der Waals surface area contributed by atoms with Crippen LogP contribution in [0.4, 0.5) is 11.4 Å². The van der Waals surface area contributed by atoms with E-state index in [0.29, 0.717) is 67.1 Å². The molecule has 4 heterocycles. The first-order valence-electron chi connectivity index (χ1n) is 18.4. The van der Waals surface area contributed by atoms with Gasteiger partial charge in [0.15, 0.2) is 5.52 Å². The second-order valence-corrected chi connectivity index (χ2v) is 14.2. The molecular formula is C46H30N6O4. The van der Waals surface area contributed by atoms with Crippen molar-refractivity contribution in [3.63, 3.8) is 0 Å². The molecule has 1 unspecified atom stereocenters. The Morgan fingerprint density at radius 1 is 0.714 bits per heavy atom. The second-order valence-electron chi connectivity index (χ2n) is 14.2. The molecule has 0 radical (unpaired) electrons. The van der Waals surface area contributed by atoms with Crippen LogP contribution < -0.4 is 16.9 Å². The van der Waals surface area contributed by atoms with Crippen molar-refractivity contribution in [3.05, 3.63) is 127 Å². The van der Waals surface area contributed by atoms with Crippen molar-refractivity contribution in [1.82, 2.24) is 18.8 Å². The Balaban J connectivity index is 1.24. The SMILES string of the molecule is CCC#Cc1cc([N+](=O)[O-])c2nc3c4ccc(-c5ccc6c(=O)n7c8cc(C#CC(C)CC)cc(N)c8nc7c7cccc5c67)c5cccc(c(=O)n3c2c1)c54. The number of nitrogen functional groups attached to an aromatic ring is 1. The lowest BCUT2D eigenvalue weighted by atomic mass is 9.90. The van der Waals surface area contributed by atoms with Crippen LogP contribution in [0.3, 0.4) is 0 Å². The first-order chi connectivity index (χ1) is 27.2. The van der Waals surface area contributed by atoms with Crippen LogP contribution >= 0.6 is 0 Å². The zero-order chi connectivity index (χ0) is 38.6. The molecule has 6 aromatic carbocycles. The molecule has 2 N–H and O–H groups in total. The molecule has 0 spiro atoms. The van der Waals surface area contributed by atoms with E-state index in [1.165, 1.54) is 10.5 Å².